The van der Waals surface area contributed by atoms with Gasteiger partial charge in [0.05, 0.1) is 4.47 Å². The van der Waals surface area contributed by atoms with E-state index in [2.05, 4.69) is 44.0 Å². The topological polar surface area (TPSA) is 9.23 Å². The zero-order chi connectivity index (χ0) is 14.7. The fourth-order valence-corrected chi connectivity index (χ4v) is 2.88. The lowest BCUT2D eigenvalue weighted by atomic mass is 10.1. The first-order valence-electron chi connectivity index (χ1n) is 6.24. The van der Waals surface area contributed by atoms with Crippen molar-refractivity contribution in [2.24, 2.45) is 0 Å². The lowest BCUT2D eigenvalue weighted by Crippen LogP contribution is -2.00. The molecular formula is C16H15Br2FO. The Labute approximate surface area is 135 Å². The summed E-state index contributed by atoms with van der Waals surface area (Å²) in [5, 5.41) is 0.833. The van der Waals surface area contributed by atoms with Crippen molar-refractivity contribution in [1.29, 1.82) is 0 Å². The van der Waals surface area contributed by atoms with Gasteiger partial charge in [0.25, 0.3) is 0 Å². The van der Waals surface area contributed by atoms with Crippen LogP contribution in [0.2, 0.25) is 0 Å². The average molecular weight is 402 g/mol. The van der Waals surface area contributed by atoms with Crippen molar-refractivity contribution in [3.05, 3.63) is 62.9 Å². The summed E-state index contributed by atoms with van der Waals surface area (Å²) >= 11 is 6.64. The van der Waals surface area contributed by atoms with Crippen LogP contribution in [-0.4, -0.2) is 0 Å². The molecule has 0 N–H and O–H groups in total. The molecule has 106 valence electrons. The summed E-state index contributed by atoms with van der Waals surface area (Å²) in [4.78, 5) is 0. The van der Waals surface area contributed by atoms with Crippen molar-refractivity contribution in [2.75, 3.05) is 0 Å². The monoisotopic (exact) mass is 400 g/mol. The summed E-state index contributed by atoms with van der Waals surface area (Å²) < 4.78 is 19.5. The molecule has 0 aromatic heterocycles. The molecule has 20 heavy (non-hydrogen) atoms. The standard InChI is InChI=1S/C16H15Br2FO/c1-10-5-13(8-17)6-11(2)16(10)20-9-12-3-4-15(19)14(18)7-12/h3-7H,8-9H2,1-2H3. The van der Waals surface area contributed by atoms with E-state index in [9.17, 15) is 4.39 Å². The molecule has 0 spiro atoms. The molecule has 0 aliphatic carbocycles. The van der Waals surface area contributed by atoms with Crippen LogP contribution in [0, 0.1) is 19.7 Å². The van der Waals surface area contributed by atoms with E-state index in [0.29, 0.717) is 11.1 Å². The van der Waals surface area contributed by atoms with E-state index >= 15 is 0 Å². The van der Waals surface area contributed by atoms with Crippen molar-refractivity contribution >= 4 is 31.9 Å². The predicted octanol–water partition coefficient (Wildman–Crippen LogP) is 5.68. The normalized spacial score (nSPS) is 10.7. The van der Waals surface area contributed by atoms with Gasteiger partial charge in [-0.2, -0.15) is 0 Å². The van der Waals surface area contributed by atoms with Crippen LogP contribution in [-0.2, 0) is 11.9 Å². The van der Waals surface area contributed by atoms with Crippen LogP contribution < -0.4 is 4.74 Å². The van der Waals surface area contributed by atoms with Crippen LogP contribution in [0.5, 0.6) is 5.75 Å². The molecule has 0 heterocycles. The van der Waals surface area contributed by atoms with Gasteiger partial charge in [-0.05, 0) is 64.2 Å². The van der Waals surface area contributed by atoms with Crippen molar-refractivity contribution in [1.82, 2.24) is 0 Å². The quantitative estimate of drug-likeness (QED) is 0.599. The number of benzene rings is 2. The molecule has 0 unspecified atom stereocenters. The number of halogens is 3. The number of hydrogen-bond acceptors (Lipinski definition) is 1. The molecule has 0 fully saturated rings. The Morgan fingerprint density at radius 2 is 1.70 bits per heavy atom. The number of aryl methyl sites for hydroxylation is 2. The molecule has 0 saturated heterocycles. The Bertz CT molecular complexity index is 603. The van der Waals surface area contributed by atoms with E-state index in [4.69, 9.17) is 4.74 Å². The Morgan fingerprint density at radius 1 is 1.05 bits per heavy atom. The van der Waals surface area contributed by atoms with Gasteiger partial charge >= 0.3 is 0 Å². The van der Waals surface area contributed by atoms with Crippen molar-refractivity contribution in [2.45, 2.75) is 25.8 Å². The van der Waals surface area contributed by atoms with E-state index in [1.807, 2.05) is 13.8 Å². The van der Waals surface area contributed by atoms with E-state index < -0.39 is 0 Å². The molecule has 2 rings (SSSR count). The highest BCUT2D eigenvalue weighted by Gasteiger charge is 2.07. The molecule has 0 radical (unpaired) electrons. The van der Waals surface area contributed by atoms with Crippen LogP contribution in [0.25, 0.3) is 0 Å². The average Bonchev–Trinajstić information content (AvgIpc) is 2.41. The minimum absolute atomic E-state index is 0.261. The highest BCUT2D eigenvalue weighted by Crippen LogP contribution is 2.27. The predicted molar refractivity (Wildman–Crippen MR) is 87.0 cm³/mol. The number of ether oxygens (including phenoxy) is 1. The van der Waals surface area contributed by atoms with E-state index in [-0.39, 0.29) is 5.82 Å². The molecular weight excluding hydrogens is 387 g/mol. The second-order valence-corrected chi connectivity index (χ2v) is 6.14. The van der Waals surface area contributed by atoms with Crippen LogP contribution >= 0.6 is 31.9 Å². The van der Waals surface area contributed by atoms with Crippen molar-refractivity contribution in [3.8, 4) is 5.75 Å². The first-order chi connectivity index (χ1) is 9.51. The summed E-state index contributed by atoms with van der Waals surface area (Å²) in [5.41, 5.74) is 4.39. The third-order valence-corrected chi connectivity index (χ3v) is 4.30. The molecule has 2 aromatic carbocycles. The summed E-state index contributed by atoms with van der Waals surface area (Å²) in [6.45, 7) is 4.50. The first kappa shape index (κ1) is 15.5. The molecule has 1 nitrogen and oxygen atoms in total. The van der Waals surface area contributed by atoms with E-state index in [0.717, 1.165) is 27.8 Å². The number of rotatable bonds is 4. The van der Waals surface area contributed by atoms with Gasteiger partial charge in [-0.3, -0.25) is 0 Å². The Hall–Kier alpha value is -0.870. The minimum Gasteiger partial charge on any atom is -0.488 e. The molecule has 2 aromatic rings. The summed E-state index contributed by atoms with van der Waals surface area (Å²) in [5.74, 6) is 0.637. The second kappa shape index (κ2) is 6.72. The molecule has 0 aliphatic heterocycles. The van der Waals surface area contributed by atoms with Crippen molar-refractivity contribution < 1.29 is 9.13 Å². The van der Waals surface area contributed by atoms with Gasteiger partial charge in [0.15, 0.2) is 0 Å². The smallest absolute Gasteiger partial charge is 0.137 e. The third kappa shape index (κ3) is 3.61. The highest BCUT2D eigenvalue weighted by molar-refractivity contribution is 9.10. The van der Waals surface area contributed by atoms with Crippen LogP contribution in [0.3, 0.4) is 0 Å². The first-order valence-corrected chi connectivity index (χ1v) is 8.15. The molecule has 0 atom stereocenters. The van der Waals surface area contributed by atoms with Gasteiger partial charge in [0.2, 0.25) is 0 Å². The molecule has 0 amide bonds. The van der Waals surface area contributed by atoms with Gasteiger partial charge < -0.3 is 4.74 Å². The second-order valence-electron chi connectivity index (χ2n) is 4.73. The Balaban J connectivity index is 2.16. The maximum Gasteiger partial charge on any atom is 0.137 e. The van der Waals surface area contributed by atoms with E-state index in [1.165, 1.54) is 11.6 Å². The van der Waals surface area contributed by atoms with Crippen molar-refractivity contribution in [3.63, 3.8) is 0 Å². The van der Waals surface area contributed by atoms with Gasteiger partial charge in [-0.25, -0.2) is 4.39 Å². The van der Waals surface area contributed by atoms with Gasteiger partial charge in [-0.15, -0.1) is 0 Å². The minimum atomic E-state index is -0.261. The third-order valence-electron chi connectivity index (χ3n) is 3.04. The SMILES string of the molecule is Cc1cc(CBr)cc(C)c1OCc1ccc(F)c(Br)c1. The molecule has 4 heteroatoms. The fraction of sp³-hybridized carbons (Fsp3) is 0.250. The summed E-state index contributed by atoms with van der Waals surface area (Å²) in [6, 6.07) is 9.14. The summed E-state index contributed by atoms with van der Waals surface area (Å²) in [7, 11) is 0. The highest BCUT2D eigenvalue weighted by atomic mass is 79.9. The number of alkyl halides is 1. The Kier molecular flexibility index (Phi) is 5.22. The van der Waals surface area contributed by atoms with Gasteiger partial charge in [0.1, 0.15) is 18.2 Å². The zero-order valence-corrected chi connectivity index (χ0v) is 14.5. The largest absolute Gasteiger partial charge is 0.488 e. The van der Waals surface area contributed by atoms with E-state index in [1.54, 1.807) is 12.1 Å². The molecule has 0 bridgehead atoms. The van der Waals surface area contributed by atoms with Crippen LogP contribution in [0.1, 0.15) is 22.3 Å². The lowest BCUT2D eigenvalue weighted by molar-refractivity contribution is 0.301. The van der Waals surface area contributed by atoms with Gasteiger partial charge in [-0.1, -0.05) is 34.1 Å². The molecule has 0 aliphatic rings. The van der Waals surface area contributed by atoms with Gasteiger partial charge in [0, 0.05) is 5.33 Å². The lowest BCUT2D eigenvalue weighted by Gasteiger charge is -2.14. The summed E-state index contributed by atoms with van der Waals surface area (Å²) in [6.07, 6.45) is 0. The Morgan fingerprint density at radius 3 is 2.25 bits per heavy atom. The maximum atomic E-state index is 13.2. The zero-order valence-electron chi connectivity index (χ0n) is 11.3. The fourth-order valence-electron chi connectivity index (χ4n) is 2.13. The van der Waals surface area contributed by atoms with Crippen LogP contribution in [0.4, 0.5) is 4.39 Å². The van der Waals surface area contributed by atoms with Crippen LogP contribution in [0.15, 0.2) is 34.8 Å². The molecule has 0 saturated carbocycles. The number of hydrogen-bond donors (Lipinski definition) is 0. The maximum absolute atomic E-state index is 13.2.